The second-order valence-electron chi connectivity index (χ2n) is 6.03. The summed E-state index contributed by atoms with van der Waals surface area (Å²) in [6.45, 7) is 2.60. The zero-order valence-electron chi connectivity index (χ0n) is 14.1. The van der Waals surface area contributed by atoms with Crippen LogP contribution >= 0.6 is 12.4 Å². The fourth-order valence-corrected chi connectivity index (χ4v) is 2.76. The highest BCUT2D eigenvalue weighted by atomic mass is 35.5. The first-order valence-corrected chi connectivity index (χ1v) is 8.60. The minimum Gasteiger partial charge on any atom is -0.439 e. The first-order chi connectivity index (χ1) is 10.8. The standard InChI is InChI=1S/C18H29N3O.ClH/c1-2-3-4-5-6-7-8-10-14-11-9-12-16-17(14)21-18(22-16)15(20)13-19;/h9,11-12,15H,2-8,10,13,19-20H2,1H3;1H. The molecule has 23 heavy (non-hydrogen) atoms. The van der Waals surface area contributed by atoms with Gasteiger partial charge in [-0.05, 0) is 24.5 Å². The van der Waals surface area contributed by atoms with Crippen molar-refractivity contribution in [3.8, 4) is 0 Å². The number of fused-ring (bicyclic) bond motifs is 1. The van der Waals surface area contributed by atoms with E-state index in [0.29, 0.717) is 12.4 Å². The van der Waals surface area contributed by atoms with Crippen LogP contribution in [0.2, 0.25) is 0 Å². The van der Waals surface area contributed by atoms with E-state index in [9.17, 15) is 0 Å². The number of hydrogen-bond acceptors (Lipinski definition) is 4. The summed E-state index contributed by atoms with van der Waals surface area (Å²) in [5.74, 6) is 0.546. The van der Waals surface area contributed by atoms with Gasteiger partial charge in [0.05, 0.1) is 6.04 Å². The molecule has 1 aromatic heterocycles. The van der Waals surface area contributed by atoms with E-state index in [0.717, 1.165) is 17.5 Å². The van der Waals surface area contributed by atoms with Crippen LogP contribution in [-0.4, -0.2) is 11.5 Å². The molecule has 0 bridgehead atoms. The van der Waals surface area contributed by atoms with Gasteiger partial charge in [-0.15, -0.1) is 12.4 Å². The number of oxazole rings is 1. The van der Waals surface area contributed by atoms with E-state index in [-0.39, 0.29) is 18.4 Å². The van der Waals surface area contributed by atoms with Crippen LogP contribution in [0.15, 0.2) is 22.6 Å². The van der Waals surface area contributed by atoms with Crippen LogP contribution in [0.25, 0.3) is 11.1 Å². The van der Waals surface area contributed by atoms with Crippen LogP contribution in [0, 0.1) is 0 Å². The Morgan fingerprint density at radius 3 is 2.48 bits per heavy atom. The lowest BCUT2D eigenvalue weighted by molar-refractivity contribution is 0.480. The van der Waals surface area contributed by atoms with Crippen LogP contribution < -0.4 is 11.5 Å². The molecular formula is C18H30ClN3O. The van der Waals surface area contributed by atoms with E-state index < -0.39 is 0 Å². The first-order valence-electron chi connectivity index (χ1n) is 8.60. The molecule has 1 aromatic carbocycles. The number of para-hydroxylation sites is 1. The molecule has 0 aliphatic carbocycles. The molecule has 0 aliphatic rings. The molecule has 0 spiro atoms. The third kappa shape index (κ3) is 5.79. The van der Waals surface area contributed by atoms with Crippen molar-refractivity contribution >= 4 is 23.5 Å². The largest absolute Gasteiger partial charge is 0.439 e. The third-order valence-corrected chi connectivity index (χ3v) is 4.14. The molecule has 0 aliphatic heterocycles. The van der Waals surface area contributed by atoms with E-state index in [1.807, 2.05) is 12.1 Å². The van der Waals surface area contributed by atoms with Gasteiger partial charge in [-0.3, -0.25) is 0 Å². The average molecular weight is 340 g/mol. The normalized spacial score (nSPS) is 12.3. The Labute approximate surface area is 145 Å². The maximum atomic E-state index is 5.91. The second-order valence-corrected chi connectivity index (χ2v) is 6.03. The third-order valence-electron chi connectivity index (χ3n) is 4.14. The summed E-state index contributed by atoms with van der Waals surface area (Å²) >= 11 is 0. The summed E-state index contributed by atoms with van der Waals surface area (Å²) in [5, 5.41) is 0. The van der Waals surface area contributed by atoms with E-state index in [2.05, 4.69) is 18.0 Å². The number of aromatic nitrogens is 1. The molecule has 0 fully saturated rings. The Kier molecular flexibility index (Phi) is 9.22. The van der Waals surface area contributed by atoms with Gasteiger partial charge in [-0.2, -0.15) is 0 Å². The molecule has 130 valence electrons. The number of benzene rings is 1. The minimum atomic E-state index is -0.321. The number of unbranched alkanes of at least 4 members (excludes halogenated alkanes) is 6. The number of rotatable bonds is 10. The zero-order chi connectivity index (χ0) is 15.8. The quantitative estimate of drug-likeness (QED) is 0.624. The molecular weight excluding hydrogens is 310 g/mol. The molecule has 1 unspecified atom stereocenters. The molecule has 0 saturated heterocycles. The lowest BCUT2D eigenvalue weighted by atomic mass is 10.0. The Morgan fingerprint density at radius 2 is 1.78 bits per heavy atom. The second kappa shape index (κ2) is 10.6. The Hall–Kier alpha value is -1.10. The lowest BCUT2D eigenvalue weighted by Gasteiger charge is -2.03. The van der Waals surface area contributed by atoms with Gasteiger partial charge in [0.1, 0.15) is 5.52 Å². The van der Waals surface area contributed by atoms with Gasteiger partial charge in [0.2, 0.25) is 5.89 Å². The highest BCUT2D eigenvalue weighted by Crippen LogP contribution is 2.23. The van der Waals surface area contributed by atoms with Gasteiger partial charge in [0.25, 0.3) is 0 Å². The summed E-state index contributed by atoms with van der Waals surface area (Å²) in [6.07, 6.45) is 10.3. The fraction of sp³-hybridized carbons (Fsp3) is 0.611. The molecule has 2 aromatic rings. The predicted octanol–water partition coefficient (Wildman–Crippen LogP) is 4.50. The Morgan fingerprint density at radius 1 is 1.09 bits per heavy atom. The number of hydrogen-bond donors (Lipinski definition) is 2. The number of nitrogens with two attached hydrogens (primary N) is 2. The van der Waals surface area contributed by atoms with E-state index >= 15 is 0 Å². The van der Waals surface area contributed by atoms with Crippen LogP contribution in [0.3, 0.4) is 0 Å². The van der Waals surface area contributed by atoms with Crippen molar-refractivity contribution in [1.82, 2.24) is 4.98 Å². The molecule has 0 amide bonds. The fourth-order valence-electron chi connectivity index (χ4n) is 2.76. The monoisotopic (exact) mass is 339 g/mol. The summed E-state index contributed by atoms with van der Waals surface area (Å²) < 4.78 is 5.72. The molecule has 1 atom stereocenters. The molecule has 0 radical (unpaired) electrons. The molecule has 1 heterocycles. The molecule has 4 N–H and O–H groups in total. The number of halogens is 1. The highest BCUT2D eigenvalue weighted by molar-refractivity contribution is 5.85. The number of nitrogens with zero attached hydrogens (tertiary/aromatic N) is 1. The van der Waals surface area contributed by atoms with E-state index in [1.165, 1.54) is 50.5 Å². The van der Waals surface area contributed by atoms with Crippen LogP contribution in [0.5, 0.6) is 0 Å². The Bertz CT molecular complexity index is 570. The van der Waals surface area contributed by atoms with Crippen molar-refractivity contribution in [3.05, 3.63) is 29.7 Å². The number of aryl methyl sites for hydroxylation is 1. The smallest absolute Gasteiger partial charge is 0.213 e. The molecule has 0 saturated carbocycles. The van der Waals surface area contributed by atoms with Crippen molar-refractivity contribution in [3.63, 3.8) is 0 Å². The van der Waals surface area contributed by atoms with E-state index in [1.54, 1.807) is 0 Å². The molecule has 5 heteroatoms. The SMILES string of the molecule is CCCCCCCCCc1cccc2oc(C(N)CN)nc12.Cl. The highest BCUT2D eigenvalue weighted by Gasteiger charge is 2.14. The maximum absolute atomic E-state index is 5.91. The van der Waals surface area contributed by atoms with Crippen LogP contribution in [0.4, 0.5) is 0 Å². The summed E-state index contributed by atoms with van der Waals surface area (Å²) in [5.41, 5.74) is 14.5. The van der Waals surface area contributed by atoms with Crippen LogP contribution in [0.1, 0.15) is 69.4 Å². The maximum Gasteiger partial charge on any atom is 0.213 e. The minimum absolute atomic E-state index is 0. The summed E-state index contributed by atoms with van der Waals surface area (Å²) in [6, 6.07) is 5.80. The molecule has 4 nitrogen and oxygen atoms in total. The van der Waals surface area contributed by atoms with Crippen molar-refractivity contribution in [2.45, 2.75) is 64.3 Å². The summed E-state index contributed by atoms with van der Waals surface area (Å²) in [7, 11) is 0. The van der Waals surface area contributed by atoms with Gasteiger partial charge in [-0.25, -0.2) is 4.98 Å². The molecule has 2 rings (SSSR count). The van der Waals surface area contributed by atoms with Gasteiger partial charge in [0, 0.05) is 6.54 Å². The van der Waals surface area contributed by atoms with Gasteiger partial charge < -0.3 is 15.9 Å². The van der Waals surface area contributed by atoms with Crippen molar-refractivity contribution in [2.24, 2.45) is 11.5 Å². The topological polar surface area (TPSA) is 78.1 Å². The van der Waals surface area contributed by atoms with Gasteiger partial charge in [0.15, 0.2) is 5.58 Å². The van der Waals surface area contributed by atoms with Crippen LogP contribution in [-0.2, 0) is 6.42 Å². The van der Waals surface area contributed by atoms with Gasteiger partial charge in [-0.1, -0.05) is 57.6 Å². The first kappa shape index (κ1) is 19.9. The van der Waals surface area contributed by atoms with E-state index in [4.69, 9.17) is 15.9 Å². The Balaban J connectivity index is 0.00000264. The lowest BCUT2D eigenvalue weighted by Crippen LogP contribution is -2.20. The van der Waals surface area contributed by atoms with Crippen molar-refractivity contribution in [1.29, 1.82) is 0 Å². The average Bonchev–Trinajstić information content (AvgIpc) is 2.98. The van der Waals surface area contributed by atoms with Crippen molar-refractivity contribution in [2.75, 3.05) is 6.54 Å². The summed E-state index contributed by atoms with van der Waals surface area (Å²) in [4.78, 5) is 4.55. The predicted molar refractivity (Wildman–Crippen MR) is 98.9 cm³/mol. The van der Waals surface area contributed by atoms with Gasteiger partial charge >= 0.3 is 0 Å². The van der Waals surface area contributed by atoms with Crippen molar-refractivity contribution < 1.29 is 4.42 Å². The zero-order valence-corrected chi connectivity index (χ0v) is 14.9.